The number of nitrogens with one attached hydrogen (secondary N) is 1. The van der Waals surface area contributed by atoms with Crippen molar-refractivity contribution in [1.29, 1.82) is 0 Å². The number of aromatic nitrogens is 1. The number of carbonyl (C=O) groups is 1. The minimum absolute atomic E-state index is 0.0656. The van der Waals surface area contributed by atoms with E-state index in [4.69, 9.17) is 0 Å². The molecule has 2 aromatic rings. The zero-order chi connectivity index (χ0) is 17.3. The zero-order valence-electron chi connectivity index (χ0n) is 13.0. The van der Waals surface area contributed by atoms with Crippen LogP contribution in [0.5, 0.6) is 0 Å². The summed E-state index contributed by atoms with van der Waals surface area (Å²) in [7, 11) is -3.87. The molecule has 6 nitrogen and oxygen atoms in total. The van der Waals surface area contributed by atoms with Gasteiger partial charge < -0.3 is 4.90 Å². The topological polar surface area (TPSA) is 79.4 Å². The average Bonchev–Trinajstić information content (AvgIpc) is 3.16. The van der Waals surface area contributed by atoms with Gasteiger partial charge in [-0.05, 0) is 44.0 Å². The van der Waals surface area contributed by atoms with E-state index in [0.717, 1.165) is 36.3 Å². The smallest absolute Gasteiger partial charge is 0.265 e. The lowest BCUT2D eigenvalue weighted by Crippen LogP contribution is -2.27. The molecule has 3 rings (SSSR count). The van der Waals surface area contributed by atoms with Crippen LogP contribution in [0.15, 0.2) is 29.2 Å². The molecule has 2 heterocycles. The predicted octanol–water partition coefficient (Wildman–Crippen LogP) is 2.63. The lowest BCUT2D eigenvalue weighted by Gasteiger charge is -2.13. The largest absolute Gasteiger partial charge is 0.338 e. The first kappa shape index (κ1) is 16.8. The molecule has 1 N–H and O–H groups in total. The van der Waals surface area contributed by atoms with Crippen LogP contribution < -0.4 is 4.72 Å². The molecule has 0 aliphatic carbocycles. The van der Waals surface area contributed by atoms with Gasteiger partial charge in [0, 0.05) is 13.1 Å². The third-order valence-electron chi connectivity index (χ3n) is 3.73. The van der Waals surface area contributed by atoms with Crippen molar-refractivity contribution in [3.63, 3.8) is 0 Å². The summed E-state index contributed by atoms with van der Waals surface area (Å²) in [5.41, 5.74) is 0.494. The van der Waals surface area contributed by atoms with Crippen LogP contribution in [0, 0.1) is 12.7 Å². The number of carbonyl (C=O) groups excluding carboxylic acids is 1. The number of aryl methyl sites for hydroxylation is 1. The Morgan fingerprint density at radius 2 is 1.88 bits per heavy atom. The zero-order valence-corrected chi connectivity index (χ0v) is 14.6. The fraction of sp³-hybridized carbons (Fsp3) is 0.333. The lowest BCUT2D eigenvalue weighted by molar-refractivity contribution is 0.0796. The van der Waals surface area contributed by atoms with Crippen molar-refractivity contribution >= 4 is 32.4 Å². The number of rotatable bonds is 4. The van der Waals surface area contributed by atoms with Crippen molar-refractivity contribution in [2.45, 2.75) is 24.7 Å². The third-order valence-corrected chi connectivity index (χ3v) is 6.27. The van der Waals surface area contributed by atoms with Crippen molar-refractivity contribution in [2.75, 3.05) is 17.8 Å². The molecule has 1 aliphatic rings. The number of benzene rings is 1. The van der Waals surface area contributed by atoms with Gasteiger partial charge in [0.1, 0.15) is 10.7 Å². The molecule has 9 heteroatoms. The summed E-state index contributed by atoms with van der Waals surface area (Å²) in [6.07, 6.45) is 1.96. The second kappa shape index (κ2) is 6.48. The summed E-state index contributed by atoms with van der Waals surface area (Å²) in [4.78, 5) is 18.7. The van der Waals surface area contributed by atoms with Gasteiger partial charge in [0.2, 0.25) is 0 Å². The molecule has 128 valence electrons. The molecule has 0 radical (unpaired) electrons. The highest BCUT2D eigenvalue weighted by molar-refractivity contribution is 7.93. The fourth-order valence-corrected chi connectivity index (χ4v) is 4.66. The number of hydrogen-bond acceptors (Lipinski definition) is 5. The van der Waals surface area contributed by atoms with E-state index in [1.807, 2.05) is 0 Å². The van der Waals surface area contributed by atoms with Gasteiger partial charge in [-0.15, -0.1) is 0 Å². The van der Waals surface area contributed by atoms with Crippen molar-refractivity contribution < 1.29 is 17.6 Å². The van der Waals surface area contributed by atoms with Crippen LogP contribution in [-0.2, 0) is 10.0 Å². The molecule has 0 unspecified atom stereocenters. The highest BCUT2D eigenvalue weighted by Crippen LogP contribution is 2.27. The Morgan fingerprint density at radius 3 is 2.50 bits per heavy atom. The predicted molar refractivity (Wildman–Crippen MR) is 89.2 cm³/mol. The van der Waals surface area contributed by atoms with E-state index < -0.39 is 15.8 Å². The number of likely N-dealkylation sites (tertiary alicyclic amines) is 1. The van der Waals surface area contributed by atoms with Gasteiger partial charge in [-0.2, -0.15) is 0 Å². The van der Waals surface area contributed by atoms with Crippen LogP contribution in [0.3, 0.4) is 0 Å². The van der Waals surface area contributed by atoms with Crippen molar-refractivity contribution in [3.05, 3.63) is 40.7 Å². The van der Waals surface area contributed by atoms with Gasteiger partial charge in [0.05, 0.1) is 10.6 Å². The molecule has 24 heavy (non-hydrogen) atoms. The van der Waals surface area contributed by atoms with Gasteiger partial charge in [-0.25, -0.2) is 17.8 Å². The molecular weight excluding hydrogens is 353 g/mol. The maximum Gasteiger partial charge on any atom is 0.265 e. The molecule has 1 amide bonds. The van der Waals surface area contributed by atoms with Gasteiger partial charge in [0.15, 0.2) is 5.13 Å². The first-order valence-corrected chi connectivity index (χ1v) is 9.72. The minimum Gasteiger partial charge on any atom is -0.338 e. The van der Waals surface area contributed by atoms with Crippen LogP contribution in [0.4, 0.5) is 9.52 Å². The van der Waals surface area contributed by atoms with E-state index in [9.17, 15) is 17.6 Å². The summed E-state index contributed by atoms with van der Waals surface area (Å²) in [6, 6.07) is 4.50. The lowest BCUT2D eigenvalue weighted by atomic mass is 10.3. The van der Waals surface area contributed by atoms with Crippen LogP contribution in [0.25, 0.3) is 0 Å². The van der Waals surface area contributed by atoms with Crippen molar-refractivity contribution in [1.82, 2.24) is 9.88 Å². The molecule has 0 spiro atoms. The van der Waals surface area contributed by atoms with Crippen molar-refractivity contribution in [2.24, 2.45) is 0 Å². The number of halogens is 1. The maximum absolute atomic E-state index is 12.9. The molecule has 1 aromatic carbocycles. The van der Waals surface area contributed by atoms with Gasteiger partial charge in [-0.1, -0.05) is 11.3 Å². The summed E-state index contributed by atoms with van der Waals surface area (Å²) in [5.74, 6) is -0.632. The van der Waals surface area contributed by atoms with E-state index >= 15 is 0 Å². The summed E-state index contributed by atoms with van der Waals surface area (Å²) < 4.78 is 39.9. The molecule has 1 aliphatic heterocycles. The van der Waals surface area contributed by atoms with Crippen LogP contribution >= 0.6 is 11.3 Å². The standard InChI is InChI=1S/C15H16FN3O3S2/c1-10-13(14(20)19-8-2-3-9-19)23-15(17-10)18-24(21,22)12-6-4-11(16)5-7-12/h4-7H,2-3,8-9H2,1H3,(H,17,18). The maximum atomic E-state index is 12.9. The summed E-state index contributed by atoms with van der Waals surface area (Å²) in [5, 5.41) is 0.124. The molecule has 0 bridgehead atoms. The first-order chi connectivity index (χ1) is 11.4. The minimum atomic E-state index is -3.87. The summed E-state index contributed by atoms with van der Waals surface area (Å²) >= 11 is 1.01. The van der Waals surface area contributed by atoms with E-state index in [0.29, 0.717) is 23.7 Å². The highest BCUT2D eigenvalue weighted by atomic mass is 32.2. The van der Waals surface area contributed by atoms with Crippen molar-refractivity contribution in [3.8, 4) is 0 Å². The molecule has 0 saturated carbocycles. The Hall–Kier alpha value is -2.00. The average molecular weight is 369 g/mol. The molecule has 1 saturated heterocycles. The van der Waals surface area contributed by atoms with Crippen LogP contribution in [-0.4, -0.2) is 37.3 Å². The Labute approximate surface area is 143 Å². The molecule has 1 fully saturated rings. The Morgan fingerprint density at radius 1 is 1.25 bits per heavy atom. The van der Waals surface area contributed by atoms with Crippen LogP contribution in [0.1, 0.15) is 28.2 Å². The van der Waals surface area contributed by atoms with E-state index in [1.165, 1.54) is 12.1 Å². The SMILES string of the molecule is Cc1nc(NS(=O)(=O)c2ccc(F)cc2)sc1C(=O)N1CCCC1. The number of sulfonamides is 1. The van der Waals surface area contributed by atoms with E-state index in [2.05, 4.69) is 9.71 Å². The summed E-state index contributed by atoms with van der Waals surface area (Å²) in [6.45, 7) is 3.11. The van der Waals surface area contributed by atoms with Gasteiger partial charge in [0.25, 0.3) is 15.9 Å². The first-order valence-electron chi connectivity index (χ1n) is 7.42. The Bertz CT molecular complexity index is 857. The van der Waals surface area contributed by atoms with Gasteiger partial charge in [-0.3, -0.25) is 9.52 Å². The third kappa shape index (κ3) is 3.41. The number of hydrogen-bond donors (Lipinski definition) is 1. The normalized spacial score (nSPS) is 14.8. The number of amides is 1. The fourth-order valence-electron chi connectivity index (χ4n) is 2.49. The highest BCUT2D eigenvalue weighted by Gasteiger charge is 2.25. The second-order valence-corrected chi connectivity index (χ2v) is 8.17. The Balaban J connectivity index is 1.82. The number of thiazole rings is 1. The quantitative estimate of drug-likeness (QED) is 0.898. The Kier molecular flexibility index (Phi) is 4.55. The monoisotopic (exact) mass is 369 g/mol. The van der Waals surface area contributed by atoms with Crippen LogP contribution in [0.2, 0.25) is 0 Å². The van der Waals surface area contributed by atoms with E-state index in [1.54, 1.807) is 11.8 Å². The van der Waals surface area contributed by atoms with E-state index in [-0.39, 0.29) is 15.9 Å². The molecule has 1 aromatic heterocycles. The number of nitrogens with zero attached hydrogens (tertiary/aromatic N) is 2. The second-order valence-electron chi connectivity index (χ2n) is 5.49. The number of anilines is 1. The molecular formula is C15H16FN3O3S2. The molecule has 0 atom stereocenters. The van der Waals surface area contributed by atoms with Gasteiger partial charge >= 0.3 is 0 Å².